The van der Waals surface area contributed by atoms with Crippen LogP contribution in [0.5, 0.6) is 0 Å². The Balaban J connectivity index is 1.94. The van der Waals surface area contributed by atoms with E-state index in [1.165, 1.54) is 0 Å². The highest BCUT2D eigenvalue weighted by atomic mass is 16.7. The van der Waals surface area contributed by atoms with Gasteiger partial charge in [-0.1, -0.05) is 0 Å². The molecule has 2 fully saturated rings. The number of hydrogen-bond acceptors (Lipinski definition) is 5. The molecule has 0 aliphatic carbocycles. The van der Waals surface area contributed by atoms with Gasteiger partial charge in [-0.3, -0.25) is 0 Å². The molecule has 0 aromatic rings. The minimum absolute atomic E-state index is 0.167. The van der Waals surface area contributed by atoms with Gasteiger partial charge in [0.1, 0.15) is 24.4 Å². The molecule has 0 spiro atoms. The molecule has 0 aromatic carbocycles. The lowest BCUT2D eigenvalue weighted by Gasteiger charge is -2.19. The van der Waals surface area contributed by atoms with Gasteiger partial charge < -0.3 is 24.4 Å². The van der Waals surface area contributed by atoms with Gasteiger partial charge >= 0.3 is 0 Å². The zero-order valence-electron chi connectivity index (χ0n) is 7.42. The molecule has 5 atom stereocenters. The molecule has 2 aliphatic heterocycles. The first-order valence-electron chi connectivity index (χ1n) is 4.43. The quantitative estimate of drug-likeness (QED) is 0.547. The Morgan fingerprint density at radius 1 is 1.15 bits per heavy atom. The van der Waals surface area contributed by atoms with Gasteiger partial charge in [0.2, 0.25) is 0 Å². The summed E-state index contributed by atoms with van der Waals surface area (Å²) in [6.07, 6.45) is -2.64. The lowest BCUT2D eigenvalue weighted by Crippen LogP contribution is -2.39. The monoisotopic (exact) mass is 190 g/mol. The van der Waals surface area contributed by atoms with Crippen molar-refractivity contribution in [1.29, 1.82) is 0 Å². The van der Waals surface area contributed by atoms with Crippen LogP contribution < -0.4 is 0 Å². The van der Waals surface area contributed by atoms with E-state index in [2.05, 4.69) is 0 Å². The summed E-state index contributed by atoms with van der Waals surface area (Å²) in [5, 5.41) is 18.7. The first-order valence-corrected chi connectivity index (χ1v) is 4.43. The van der Waals surface area contributed by atoms with Crippen molar-refractivity contribution in [2.24, 2.45) is 0 Å². The van der Waals surface area contributed by atoms with Crippen molar-refractivity contribution in [1.82, 2.24) is 0 Å². The molecule has 2 heterocycles. The standard InChI is InChI=1S/C8H14O5/c1-4-11-3-6(13-4)8-7(10)5(9)2-12-8/h4-10H,2-3H2,1H3/t4?,5-,6-,7?,8-/m1/s1. The van der Waals surface area contributed by atoms with Gasteiger partial charge in [0.05, 0.1) is 13.2 Å². The second-order valence-corrected chi connectivity index (χ2v) is 3.43. The highest BCUT2D eigenvalue weighted by molar-refractivity contribution is 4.89. The second-order valence-electron chi connectivity index (χ2n) is 3.43. The SMILES string of the molecule is CC1OC[C@H]([C@H]2OC[C@@H](O)C2O)O1. The van der Waals surface area contributed by atoms with Gasteiger partial charge in [-0.05, 0) is 6.92 Å². The molecule has 13 heavy (non-hydrogen) atoms. The number of ether oxygens (including phenoxy) is 3. The van der Waals surface area contributed by atoms with Crippen LogP contribution in [-0.2, 0) is 14.2 Å². The van der Waals surface area contributed by atoms with E-state index in [0.717, 1.165) is 0 Å². The van der Waals surface area contributed by atoms with Crippen LogP contribution in [0.2, 0.25) is 0 Å². The van der Waals surface area contributed by atoms with Gasteiger partial charge in [0, 0.05) is 0 Å². The van der Waals surface area contributed by atoms with E-state index in [-0.39, 0.29) is 19.0 Å². The average Bonchev–Trinajstić information content (AvgIpc) is 2.62. The van der Waals surface area contributed by atoms with Crippen molar-refractivity contribution in [2.45, 2.75) is 37.6 Å². The van der Waals surface area contributed by atoms with Crippen molar-refractivity contribution in [2.75, 3.05) is 13.2 Å². The predicted octanol–water partition coefficient (Wildman–Crippen LogP) is -1.13. The summed E-state index contributed by atoms with van der Waals surface area (Å²) in [5.41, 5.74) is 0. The van der Waals surface area contributed by atoms with E-state index in [1.807, 2.05) is 0 Å². The van der Waals surface area contributed by atoms with Crippen molar-refractivity contribution >= 4 is 0 Å². The van der Waals surface area contributed by atoms with Crippen LogP contribution in [0.1, 0.15) is 6.92 Å². The molecule has 0 amide bonds. The molecule has 0 saturated carbocycles. The summed E-state index contributed by atoms with van der Waals surface area (Å²) in [6, 6.07) is 0. The summed E-state index contributed by atoms with van der Waals surface area (Å²) >= 11 is 0. The predicted molar refractivity (Wildman–Crippen MR) is 42.0 cm³/mol. The molecular weight excluding hydrogens is 176 g/mol. The van der Waals surface area contributed by atoms with Gasteiger partial charge in [0.15, 0.2) is 6.29 Å². The Hall–Kier alpha value is -0.200. The van der Waals surface area contributed by atoms with Crippen molar-refractivity contribution in [3.05, 3.63) is 0 Å². The molecule has 5 nitrogen and oxygen atoms in total. The summed E-state index contributed by atoms with van der Waals surface area (Å²) in [6.45, 7) is 2.37. The van der Waals surface area contributed by atoms with Crippen LogP contribution >= 0.6 is 0 Å². The van der Waals surface area contributed by atoms with Crippen LogP contribution in [0.3, 0.4) is 0 Å². The van der Waals surface area contributed by atoms with Gasteiger partial charge in [-0.15, -0.1) is 0 Å². The maximum Gasteiger partial charge on any atom is 0.155 e. The largest absolute Gasteiger partial charge is 0.388 e. The van der Waals surface area contributed by atoms with Gasteiger partial charge in [-0.25, -0.2) is 0 Å². The average molecular weight is 190 g/mol. The molecular formula is C8H14O5. The first kappa shape index (κ1) is 9.36. The highest BCUT2D eigenvalue weighted by Crippen LogP contribution is 2.24. The zero-order valence-corrected chi connectivity index (χ0v) is 7.42. The van der Waals surface area contributed by atoms with Gasteiger partial charge in [0.25, 0.3) is 0 Å². The Morgan fingerprint density at radius 2 is 1.92 bits per heavy atom. The molecule has 0 bridgehead atoms. The zero-order chi connectivity index (χ0) is 9.42. The number of aliphatic hydroxyl groups excluding tert-OH is 2. The number of rotatable bonds is 1. The van der Waals surface area contributed by atoms with E-state index >= 15 is 0 Å². The second kappa shape index (κ2) is 3.51. The minimum atomic E-state index is -0.862. The molecule has 76 valence electrons. The third-order valence-electron chi connectivity index (χ3n) is 2.42. The van der Waals surface area contributed by atoms with Crippen LogP contribution in [0.4, 0.5) is 0 Å². The van der Waals surface area contributed by atoms with Crippen molar-refractivity contribution in [3.8, 4) is 0 Å². The van der Waals surface area contributed by atoms with Crippen LogP contribution in [-0.4, -0.2) is 54.1 Å². The normalized spacial score (nSPS) is 51.5. The fraction of sp³-hybridized carbons (Fsp3) is 1.00. The van der Waals surface area contributed by atoms with E-state index < -0.39 is 18.3 Å². The van der Waals surface area contributed by atoms with Crippen LogP contribution in [0.25, 0.3) is 0 Å². The lowest BCUT2D eigenvalue weighted by atomic mass is 10.1. The van der Waals surface area contributed by atoms with E-state index in [0.29, 0.717) is 6.61 Å². The molecule has 2 saturated heterocycles. The van der Waals surface area contributed by atoms with Crippen LogP contribution in [0.15, 0.2) is 0 Å². The van der Waals surface area contributed by atoms with E-state index in [4.69, 9.17) is 14.2 Å². The molecule has 0 aromatic heterocycles. The summed E-state index contributed by atoms with van der Waals surface area (Å²) in [7, 11) is 0. The maximum atomic E-state index is 9.49. The third kappa shape index (κ3) is 1.70. The third-order valence-corrected chi connectivity index (χ3v) is 2.42. The fourth-order valence-corrected chi connectivity index (χ4v) is 1.68. The smallest absolute Gasteiger partial charge is 0.155 e. The molecule has 5 heteroatoms. The topological polar surface area (TPSA) is 68.2 Å². The summed E-state index contributed by atoms with van der Waals surface area (Å²) in [5.74, 6) is 0. The summed E-state index contributed by atoms with van der Waals surface area (Å²) < 4.78 is 15.7. The Kier molecular flexibility index (Phi) is 2.53. The molecule has 2 rings (SSSR count). The maximum absolute atomic E-state index is 9.49. The summed E-state index contributed by atoms with van der Waals surface area (Å²) in [4.78, 5) is 0. The molecule has 2 N–H and O–H groups in total. The van der Waals surface area contributed by atoms with Crippen LogP contribution in [0, 0.1) is 0 Å². The molecule has 2 aliphatic rings. The number of hydrogen-bond donors (Lipinski definition) is 2. The Labute approximate surface area is 76.2 Å². The van der Waals surface area contributed by atoms with Crippen molar-refractivity contribution in [3.63, 3.8) is 0 Å². The fourth-order valence-electron chi connectivity index (χ4n) is 1.68. The molecule has 0 radical (unpaired) electrons. The van der Waals surface area contributed by atoms with E-state index in [1.54, 1.807) is 6.92 Å². The molecule has 2 unspecified atom stereocenters. The van der Waals surface area contributed by atoms with Crippen molar-refractivity contribution < 1.29 is 24.4 Å². The lowest BCUT2D eigenvalue weighted by molar-refractivity contribution is -0.0916. The first-order chi connectivity index (χ1) is 6.18. The van der Waals surface area contributed by atoms with Gasteiger partial charge in [-0.2, -0.15) is 0 Å². The minimum Gasteiger partial charge on any atom is -0.388 e. The Bertz CT molecular complexity index is 185. The number of aliphatic hydroxyl groups is 2. The highest BCUT2D eigenvalue weighted by Gasteiger charge is 2.43. The Morgan fingerprint density at radius 3 is 2.38 bits per heavy atom. The van der Waals surface area contributed by atoms with E-state index in [9.17, 15) is 10.2 Å².